The molecule has 5 rings (SSSR count). The van der Waals surface area contributed by atoms with Crippen LogP contribution >= 0.6 is 11.3 Å². The minimum atomic E-state index is -3.47. The van der Waals surface area contributed by atoms with E-state index in [0.717, 1.165) is 24.8 Å². The fourth-order valence-corrected chi connectivity index (χ4v) is 7.54. The van der Waals surface area contributed by atoms with Gasteiger partial charge in [0.25, 0.3) is 0 Å². The second kappa shape index (κ2) is 5.40. The van der Waals surface area contributed by atoms with Crippen LogP contribution in [0.5, 0.6) is 0 Å². The fraction of sp³-hybridized carbons (Fsp3) is 0.300. The second-order valence-electron chi connectivity index (χ2n) is 7.03. The highest BCUT2D eigenvalue weighted by atomic mass is 32.2. The maximum Gasteiger partial charge on any atom is 0.243 e. The van der Waals surface area contributed by atoms with Crippen molar-refractivity contribution in [3.8, 4) is 0 Å². The standard InChI is InChI=1S/C20H19NO2S2/c1-13-6-9-15(10-7-13)25(22,23)21-14-8-11-17(21)20-16-4-2-3-5-18(16)24-19(20)12-14/h2-7,9-10,14,17H,8,11-12H2,1H3/t14-,17+/m0/s1. The molecule has 2 aliphatic heterocycles. The van der Waals surface area contributed by atoms with Crippen molar-refractivity contribution in [2.75, 3.05) is 0 Å². The highest BCUT2D eigenvalue weighted by molar-refractivity contribution is 7.89. The lowest BCUT2D eigenvalue weighted by Crippen LogP contribution is -2.41. The topological polar surface area (TPSA) is 37.4 Å². The molecule has 0 amide bonds. The predicted molar refractivity (Wildman–Crippen MR) is 101 cm³/mol. The van der Waals surface area contributed by atoms with Crippen LogP contribution in [0.1, 0.15) is 34.9 Å². The molecule has 0 radical (unpaired) electrons. The van der Waals surface area contributed by atoms with Crippen molar-refractivity contribution in [3.63, 3.8) is 0 Å². The summed E-state index contributed by atoms with van der Waals surface area (Å²) in [6, 6.07) is 15.7. The van der Waals surface area contributed by atoms with Gasteiger partial charge in [0.15, 0.2) is 0 Å². The van der Waals surface area contributed by atoms with Gasteiger partial charge in [0.05, 0.1) is 10.9 Å². The van der Waals surface area contributed by atoms with Gasteiger partial charge in [-0.25, -0.2) is 8.42 Å². The van der Waals surface area contributed by atoms with E-state index in [-0.39, 0.29) is 12.1 Å². The Balaban J connectivity index is 1.66. The van der Waals surface area contributed by atoms with E-state index >= 15 is 0 Å². The molecule has 0 aliphatic carbocycles. The summed E-state index contributed by atoms with van der Waals surface area (Å²) in [5, 5.41) is 1.23. The maximum atomic E-state index is 13.4. The van der Waals surface area contributed by atoms with E-state index in [2.05, 4.69) is 24.3 Å². The Kier molecular flexibility index (Phi) is 3.36. The van der Waals surface area contributed by atoms with Gasteiger partial charge in [-0.1, -0.05) is 35.9 Å². The fourth-order valence-electron chi connectivity index (χ4n) is 4.37. The zero-order chi connectivity index (χ0) is 17.2. The molecule has 2 atom stereocenters. The average molecular weight is 370 g/mol. The Morgan fingerprint density at radius 3 is 2.60 bits per heavy atom. The summed E-state index contributed by atoms with van der Waals surface area (Å²) in [6.07, 6.45) is 2.71. The van der Waals surface area contributed by atoms with Crippen molar-refractivity contribution in [1.82, 2.24) is 4.31 Å². The van der Waals surface area contributed by atoms with Crippen molar-refractivity contribution in [2.45, 2.75) is 43.2 Å². The predicted octanol–water partition coefficient (Wildman–Crippen LogP) is 4.66. The van der Waals surface area contributed by atoms with E-state index in [0.29, 0.717) is 4.90 Å². The first-order valence-corrected chi connectivity index (χ1v) is 10.9. The Morgan fingerprint density at radius 1 is 1.04 bits per heavy atom. The van der Waals surface area contributed by atoms with Crippen LogP contribution < -0.4 is 0 Å². The maximum absolute atomic E-state index is 13.4. The van der Waals surface area contributed by atoms with E-state index in [9.17, 15) is 8.42 Å². The molecule has 25 heavy (non-hydrogen) atoms. The van der Waals surface area contributed by atoms with Gasteiger partial charge >= 0.3 is 0 Å². The van der Waals surface area contributed by atoms with E-state index in [1.807, 2.05) is 30.4 Å². The number of thiophene rings is 1. The Labute approximate surface area is 152 Å². The highest BCUT2D eigenvalue weighted by Gasteiger charge is 2.48. The Bertz CT molecular complexity index is 1070. The van der Waals surface area contributed by atoms with Gasteiger partial charge in [0, 0.05) is 15.6 Å². The third-order valence-corrected chi connectivity index (χ3v) is 8.69. The molecule has 2 aromatic carbocycles. The molecule has 3 aromatic rings. The number of aryl methyl sites for hydroxylation is 1. The average Bonchev–Trinajstić information content (AvgIpc) is 3.13. The summed E-state index contributed by atoms with van der Waals surface area (Å²) in [5.74, 6) is 0. The third-order valence-electron chi connectivity index (χ3n) is 5.50. The molecule has 1 saturated heterocycles. The first kappa shape index (κ1) is 15.6. The minimum absolute atomic E-state index is 0.0174. The Hall–Kier alpha value is -1.69. The lowest BCUT2D eigenvalue weighted by Gasteiger charge is -2.34. The van der Waals surface area contributed by atoms with Gasteiger partial charge in [-0.3, -0.25) is 0 Å². The first-order valence-electron chi connectivity index (χ1n) is 8.66. The van der Waals surface area contributed by atoms with Crippen LogP contribution in [0.15, 0.2) is 53.4 Å². The van der Waals surface area contributed by atoms with Gasteiger partial charge < -0.3 is 0 Å². The molecule has 128 valence electrons. The summed E-state index contributed by atoms with van der Waals surface area (Å²) in [5.41, 5.74) is 2.33. The van der Waals surface area contributed by atoms with E-state index in [4.69, 9.17) is 0 Å². The van der Waals surface area contributed by atoms with Crippen molar-refractivity contribution in [3.05, 3.63) is 64.5 Å². The quantitative estimate of drug-likeness (QED) is 0.659. The highest BCUT2D eigenvalue weighted by Crippen LogP contribution is 2.51. The summed E-state index contributed by atoms with van der Waals surface area (Å²) < 4.78 is 29.8. The van der Waals surface area contributed by atoms with Crippen LogP contribution in [0, 0.1) is 6.92 Å². The van der Waals surface area contributed by atoms with Gasteiger partial charge in [-0.2, -0.15) is 4.31 Å². The largest absolute Gasteiger partial charge is 0.243 e. The van der Waals surface area contributed by atoms with Crippen molar-refractivity contribution in [1.29, 1.82) is 0 Å². The molecular weight excluding hydrogens is 350 g/mol. The number of rotatable bonds is 2. The van der Waals surface area contributed by atoms with Crippen LogP contribution in [0.2, 0.25) is 0 Å². The monoisotopic (exact) mass is 369 g/mol. The molecule has 0 saturated carbocycles. The van der Waals surface area contributed by atoms with Crippen LogP contribution in [-0.4, -0.2) is 18.8 Å². The smallest absolute Gasteiger partial charge is 0.207 e. The molecule has 3 nitrogen and oxygen atoms in total. The lowest BCUT2D eigenvalue weighted by atomic mass is 10.00. The molecule has 1 aromatic heterocycles. The first-order chi connectivity index (χ1) is 12.1. The van der Waals surface area contributed by atoms with Gasteiger partial charge in [0.2, 0.25) is 10.0 Å². The zero-order valence-corrected chi connectivity index (χ0v) is 15.6. The molecule has 2 bridgehead atoms. The van der Waals surface area contributed by atoms with Crippen molar-refractivity contribution < 1.29 is 8.42 Å². The van der Waals surface area contributed by atoms with Gasteiger partial charge in [-0.15, -0.1) is 11.3 Å². The van der Waals surface area contributed by atoms with Crippen molar-refractivity contribution >= 4 is 31.4 Å². The number of benzene rings is 2. The molecule has 2 aliphatic rings. The molecular formula is C20H19NO2S2. The van der Waals surface area contributed by atoms with E-state index in [1.54, 1.807) is 16.4 Å². The Morgan fingerprint density at radius 2 is 1.80 bits per heavy atom. The van der Waals surface area contributed by atoms with Crippen LogP contribution in [0.3, 0.4) is 0 Å². The van der Waals surface area contributed by atoms with Crippen LogP contribution in [-0.2, 0) is 16.4 Å². The second-order valence-corrected chi connectivity index (χ2v) is 10.0. The minimum Gasteiger partial charge on any atom is -0.207 e. The summed E-state index contributed by atoms with van der Waals surface area (Å²) in [4.78, 5) is 1.79. The van der Waals surface area contributed by atoms with Gasteiger partial charge in [-0.05, 0) is 55.3 Å². The number of hydrogen-bond donors (Lipinski definition) is 0. The van der Waals surface area contributed by atoms with Crippen LogP contribution in [0.25, 0.3) is 10.1 Å². The number of fused-ring (bicyclic) bond motifs is 6. The number of sulfonamides is 1. The molecule has 0 spiro atoms. The molecule has 3 heterocycles. The zero-order valence-electron chi connectivity index (χ0n) is 14.0. The lowest BCUT2D eigenvalue weighted by molar-refractivity contribution is 0.308. The van der Waals surface area contributed by atoms with Gasteiger partial charge in [0.1, 0.15) is 0 Å². The number of hydrogen-bond acceptors (Lipinski definition) is 3. The van der Waals surface area contributed by atoms with E-state index < -0.39 is 10.0 Å². The normalized spacial score (nSPS) is 23.1. The molecule has 1 fully saturated rings. The SMILES string of the molecule is Cc1ccc(S(=O)(=O)N2[C@H]3CC[C@@H]2c2c(sc4ccccc24)C3)cc1. The van der Waals surface area contributed by atoms with Crippen LogP contribution in [0.4, 0.5) is 0 Å². The molecule has 0 N–H and O–H groups in total. The number of nitrogens with zero attached hydrogens (tertiary/aromatic N) is 1. The van der Waals surface area contributed by atoms with Crippen molar-refractivity contribution in [2.24, 2.45) is 0 Å². The summed E-state index contributed by atoms with van der Waals surface area (Å²) >= 11 is 1.84. The third kappa shape index (κ3) is 2.23. The summed E-state index contributed by atoms with van der Waals surface area (Å²) in [6.45, 7) is 1.98. The molecule has 5 heteroatoms. The summed E-state index contributed by atoms with van der Waals surface area (Å²) in [7, 11) is -3.47. The van der Waals surface area contributed by atoms with E-state index in [1.165, 1.54) is 20.5 Å². The molecule has 0 unspecified atom stereocenters.